The molecule has 0 aliphatic heterocycles. The van der Waals surface area contributed by atoms with E-state index in [-0.39, 0.29) is 35.6 Å². The van der Waals surface area contributed by atoms with Crippen molar-refractivity contribution in [1.82, 2.24) is 0 Å². The lowest BCUT2D eigenvalue weighted by Gasteiger charge is -2.08. The van der Waals surface area contributed by atoms with Crippen molar-refractivity contribution in [2.75, 3.05) is 5.73 Å². The number of aliphatic carboxylic acids is 1. The number of hydrogen-bond donors (Lipinski definition) is 4. The Hall–Kier alpha value is -2.08. The lowest BCUT2D eigenvalue weighted by molar-refractivity contribution is -0.138. The lowest BCUT2D eigenvalue weighted by Crippen LogP contribution is -2.30. The fraction of sp³-hybridized carbons (Fsp3) is 0.273. The van der Waals surface area contributed by atoms with E-state index in [0.29, 0.717) is 0 Å². The van der Waals surface area contributed by atoms with Gasteiger partial charge in [-0.3, -0.25) is 9.59 Å². The molecule has 1 aromatic rings. The molecule has 0 saturated heterocycles. The molecule has 6 N–H and O–H groups in total. The number of hydrogen-bond acceptors (Lipinski definition) is 5. The molecule has 1 rings (SSSR count). The standard InChI is InChI=1S/C11H14N2O4/c12-7(11(16)17)4-5-8(14)6-2-1-3-9(15)10(6)13/h1-3,7,15H,4-5,12-13H2,(H,16,17)/t7-/m0/s1. The predicted octanol–water partition coefficient (Wildman–Crippen LogP) is 0.349. The second-order valence-corrected chi connectivity index (χ2v) is 3.64. The fourth-order valence-corrected chi connectivity index (χ4v) is 1.34. The third kappa shape index (κ3) is 3.18. The second-order valence-electron chi connectivity index (χ2n) is 3.64. The molecule has 0 saturated carbocycles. The molecular weight excluding hydrogens is 224 g/mol. The van der Waals surface area contributed by atoms with Gasteiger partial charge in [0, 0.05) is 12.0 Å². The molecule has 6 nitrogen and oxygen atoms in total. The first-order valence-corrected chi connectivity index (χ1v) is 5.02. The van der Waals surface area contributed by atoms with E-state index in [4.69, 9.17) is 16.6 Å². The number of phenolic OH excluding ortho intramolecular Hbond substituents is 1. The number of ketones is 1. The van der Waals surface area contributed by atoms with Crippen LogP contribution in [0.1, 0.15) is 23.2 Å². The van der Waals surface area contributed by atoms with Crippen molar-refractivity contribution < 1.29 is 19.8 Å². The van der Waals surface area contributed by atoms with E-state index >= 15 is 0 Å². The fourth-order valence-electron chi connectivity index (χ4n) is 1.34. The van der Waals surface area contributed by atoms with Gasteiger partial charge in [0.15, 0.2) is 5.78 Å². The van der Waals surface area contributed by atoms with Gasteiger partial charge < -0.3 is 21.7 Å². The average Bonchev–Trinajstić information content (AvgIpc) is 2.29. The maximum atomic E-state index is 11.7. The number of carbonyl (C=O) groups is 2. The smallest absolute Gasteiger partial charge is 0.320 e. The van der Waals surface area contributed by atoms with Crippen LogP contribution < -0.4 is 11.5 Å². The molecule has 0 amide bonds. The zero-order valence-electron chi connectivity index (χ0n) is 9.09. The van der Waals surface area contributed by atoms with Crippen molar-refractivity contribution >= 4 is 17.4 Å². The summed E-state index contributed by atoms with van der Waals surface area (Å²) in [6, 6.07) is 3.27. The molecule has 1 atom stereocenters. The molecule has 0 heterocycles. The molecule has 6 heteroatoms. The number of aromatic hydroxyl groups is 1. The van der Waals surface area contributed by atoms with Gasteiger partial charge in [0.05, 0.1) is 5.69 Å². The first-order chi connectivity index (χ1) is 7.93. The number of carboxylic acids is 1. The Kier molecular flexibility index (Phi) is 4.06. The van der Waals surface area contributed by atoms with Crippen molar-refractivity contribution in [3.63, 3.8) is 0 Å². The van der Waals surface area contributed by atoms with Crippen LogP contribution in [0.15, 0.2) is 18.2 Å². The van der Waals surface area contributed by atoms with Crippen molar-refractivity contribution in [2.24, 2.45) is 5.73 Å². The van der Waals surface area contributed by atoms with Crippen LogP contribution in [0.25, 0.3) is 0 Å². The summed E-state index contributed by atoms with van der Waals surface area (Å²) in [5.74, 6) is -1.66. The summed E-state index contributed by atoms with van der Waals surface area (Å²) in [6.45, 7) is 0. The Morgan fingerprint density at radius 2 is 2.00 bits per heavy atom. The van der Waals surface area contributed by atoms with Crippen molar-refractivity contribution in [1.29, 1.82) is 0 Å². The molecule has 0 aliphatic carbocycles. The molecule has 0 fully saturated rings. The quantitative estimate of drug-likeness (QED) is 0.333. The Balaban J connectivity index is 2.71. The molecule has 0 unspecified atom stereocenters. The SMILES string of the molecule is Nc1c(O)cccc1C(=O)CC[C@H](N)C(=O)O. The van der Waals surface area contributed by atoms with Crippen LogP contribution in [0.2, 0.25) is 0 Å². The van der Waals surface area contributed by atoms with Gasteiger partial charge in [-0.1, -0.05) is 6.07 Å². The summed E-state index contributed by atoms with van der Waals surface area (Å²) in [4.78, 5) is 22.2. The van der Waals surface area contributed by atoms with Gasteiger partial charge in [-0.05, 0) is 18.6 Å². The van der Waals surface area contributed by atoms with Gasteiger partial charge in [0.25, 0.3) is 0 Å². The topological polar surface area (TPSA) is 127 Å². The van der Waals surface area contributed by atoms with Gasteiger partial charge in [0.2, 0.25) is 0 Å². The van der Waals surface area contributed by atoms with Crippen molar-refractivity contribution in [3.05, 3.63) is 23.8 Å². The van der Waals surface area contributed by atoms with Crippen LogP contribution >= 0.6 is 0 Å². The predicted molar refractivity (Wildman–Crippen MR) is 61.7 cm³/mol. The highest BCUT2D eigenvalue weighted by Crippen LogP contribution is 2.24. The van der Waals surface area contributed by atoms with Crippen LogP contribution in [0, 0.1) is 0 Å². The first kappa shape index (κ1) is 13.0. The normalized spacial score (nSPS) is 12.1. The van der Waals surface area contributed by atoms with Gasteiger partial charge >= 0.3 is 5.97 Å². The van der Waals surface area contributed by atoms with Crippen LogP contribution in [-0.2, 0) is 4.79 Å². The van der Waals surface area contributed by atoms with Gasteiger partial charge in [-0.25, -0.2) is 0 Å². The Morgan fingerprint density at radius 1 is 1.35 bits per heavy atom. The van der Waals surface area contributed by atoms with Gasteiger partial charge in [-0.15, -0.1) is 0 Å². The Morgan fingerprint density at radius 3 is 2.59 bits per heavy atom. The minimum Gasteiger partial charge on any atom is -0.506 e. The highest BCUT2D eigenvalue weighted by Gasteiger charge is 2.16. The van der Waals surface area contributed by atoms with Crippen LogP contribution in [0.5, 0.6) is 5.75 Å². The third-order valence-electron chi connectivity index (χ3n) is 2.38. The summed E-state index contributed by atoms with van der Waals surface area (Å²) in [5, 5.41) is 17.9. The number of nitrogens with two attached hydrogens (primary N) is 2. The highest BCUT2D eigenvalue weighted by molar-refractivity contribution is 6.02. The van der Waals surface area contributed by atoms with E-state index in [2.05, 4.69) is 0 Å². The summed E-state index contributed by atoms with van der Waals surface area (Å²) < 4.78 is 0. The van der Waals surface area contributed by atoms with E-state index in [1.165, 1.54) is 18.2 Å². The zero-order valence-corrected chi connectivity index (χ0v) is 9.09. The molecule has 0 bridgehead atoms. The number of para-hydroxylation sites is 1. The van der Waals surface area contributed by atoms with E-state index in [1.54, 1.807) is 0 Å². The number of rotatable bonds is 5. The Bertz CT molecular complexity index is 445. The molecular formula is C11H14N2O4. The summed E-state index contributed by atoms with van der Waals surface area (Å²) in [5.41, 5.74) is 11.0. The number of carboxylic acid groups (broad SMARTS) is 1. The monoisotopic (exact) mass is 238 g/mol. The molecule has 92 valence electrons. The molecule has 0 aliphatic rings. The summed E-state index contributed by atoms with van der Waals surface area (Å²) in [7, 11) is 0. The first-order valence-electron chi connectivity index (χ1n) is 5.02. The van der Waals surface area contributed by atoms with Crippen molar-refractivity contribution in [3.8, 4) is 5.75 Å². The molecule has 0 spiro atoms. The largest absolute Gasteiger partial charge is 0.506 e. The number of phenols is 1. The van der Waals surface area contributed by atoms with E-state index in [0.717, 1.165) is 0 Å². The summed E-state index contributed by atoms with van der Waals surface area (Å²) >= 11 is 0. The van der Waals surface area contributed by atoms with Crippen LogP contribution in [0.3, 0.4) is 0 Å². The lowest BCUT2D eigenvalue weighted by atomic mass is 10.0. The average molecular weight is 238 g/mol. The molecule has 17 heavy (non-hydrogen) atoms. The van der Waals surface area contributed by atoms with Gasteiger partial charge in [0.1, 0.15) is 11.8 Å². The number of benzene rings is 1. The molecule has 0 radical (unpaired) electrons. The molecule has 0 aromatic heterocycles. The maximum Gasteiger partial charge on any atom is 0.320 e. The van der Waals surface area contributed by atoms with Crippen LogP contribution in [-0.4, -0.2) is 28.0 Å². The zero-order chi connectivity index (χ0) is 13.0. The second kappa shape index (κ2) is 5.31. The molecule has 1 aromatic carbocycles. The number of nitrogen functional groups attached to an aromatic ring is 1. The Labute approximate surface area is 97.8 Å². The number of carbonyl (C=O) groups excluding carboxylic acids is 1. The van der Waals surface area contributed by atoms with Crippen molar-refractivity contribution in [2.45, 2.75) is 18.9 Å². The van der Waals surface area contributed by atoms with Gasteiger partial charge in [-0.2, -0.15) is 0 Å². The van der Waals surface area contributed by atoms with Crippen LogP contribution in [0.4, 0.5) is 5.69 Å². The number of Topliss-reactive ketones (excluding diaryl/α,β-unsaturated/α-hetero) is 1. The van der Waals surface area contributed by atoms with E-state index in [9.17, 15) is 14.7 Å². The minimum atomic E-state index is -1.15. The highest BCUT2D eigenvalue weighted by atomic mass is 16.4. The number of anilines is 1. The maximum absolute atomic E-state index is 11.7. The van der Waals surface area contributed by atoms with E-state index < -0.39 is 12.0 Å². The van der Waals surface area contributed by atoms with E-state index in [1.807, 2.05) is 0 Å². The summed E-state index contributed by atoms with van der Waals surface area (Å²) in [6.07, 6.45) is 0.00435. The third-order valence-corrected chi connectivity index (χ3v) is 2.38. The minimum absolute atomic E-state index is 0.00129.